The molecular weight excluding hydrogens is 342 g/mol. The van der Waals surface area contributed by atoms with E-state index in [1.54, 1.807) is 0 Å². The Balaban J connectivity index is 2.06. The molecule has 0 fully saturated rings. The molecule has 1 aromatic heterocycles. The summed E-state index contributed by atoms with van der Waals surface area (Å²) in [6.07, 6.45) is 0. The maximum absolute atomic E-state index is 5.62. The van der Waals surface area contributed by atoms with Crippen molar-refractivity contribution in [3.63, 3.8) is 0 Å². The van der Waals surface area contributed by atoms with Crippen LogP contribution in [0, 0.1) is 0 Å². The van der Waals surface area contributed by atoms with Gasteiger partial charge in [0.15, 0.2) is 0 Å². The van der Waals surface area contributed by atoms with Gasteiger partial charge < -0.3 is 0 Å². The Morgan fingerprint density at radius 2 is 1.57 bits per heavy atom. The fraction of sp³-hybridized carbons (Fsp3) is 0.235. The van der Waals surface area contributed by atoms with Crippen molar-refractivity contribution in [2.75, 3.05) is 26.3 Å². The van der Waals surface area contributed by atoms with E-state index in [0.717, 1.165) is 27.6 Å². The normalized spacial score (nSPS) is 11.1. The third-order valence-corrected chi connectivity index (χ3v) is 3.75. The number of hydrogen-bond acceptors (Lipinski definition) is 5. The summed E-state index contributed by atoms with van der Waals surface area (Å²) in [5.74, 6) is 1.44. The number of benzene rings is 2. The first-order valence-electron chi connectivity index (χ1n) is 7.37. The Morgan fingerprint density at radius 3 is 2.30 bits per heavy atom. The fourth-order valence-corrected chi connectivity index (χ4v) is 2.67. The van der Waals surface area contributed by atoms with Crippen LogP contribution in [-0.4, -0.2) is 31.3 Å². The molecule has 0 aliphatic rings. The molecule has 6 heteroatoms. The molecule has 1 heterocycles. The van der Waals surface area contributed by atoms with Crippen molar-refractivity contribution in [3.05, 3.63) is 36.4 Å². The number of fused-ring (bicyclic) bond motifs is 2. The van der Waals surface area contributed by atoms with E-state index in [1.807, 2.05) is 36.4 Å². The summed E-state index contributed by atoms with van der Waals surface area (Å²) in [6, 6.07) is 11.5. The van der Waals surface area contributed by atoms with Gasteiger partial charge in [-0.15, -0.1) is 0 Å². The average Bonchev–Trinajstić information content (AvgIpc) is 2.56. The monoisotopic (exact) mass is 359 g/mol. The number of nitrogens with two attached hydrogens (primary N) is 2. The number of aromatic nitrogens is 1. The summed E-state index contributed by atoms with van der Waals surface area (Å²) in [6.45, 7) is 1.86. The summed E-state index contributed by atoms with van der Waals surface area (Å²) >= 11 is 5.62. The Labute approximate surface area is 142 Å². The van der Waals surface area contributed by atoms with E-state index >= 15 is 0 Å². The van der Waals surface area contributed by atoms with Crippen molar-refractivity contribution in [2.45, 2.75) is 0 Å². The van der Waals surface area contributed by atoms with E-state index in [1.165, 1.54) is 0 Å². The van der Waals surface area contributed by atoms with Crippen molar-refractivity contribution >= 4 is 26.3 Å². The summed E-state index contributed by atoms with van der Waals surface area (Å²) in [7, 11) is 0. The molecule has 0 unspecified atom stereocenters. The average molecular weight is 360 g/mol. The summed E-state index contributed by atoms with van der Waals surface area (Å²) < 4.78 is 11.8. The van der Waals surface area contributed by atoms with E-state index in [4.69, 9.17) is 37.0 Å². The van der Waals surface area contributed by atoms with Gasteiger partial charge in [-0.25, -0.2) is 0 Å². The van der Waals surface area contributed by atoms with Gasteiger partial charge in [-0.3, -0.25) is 0 Å². The maximum atomic E-state index is 5.62. The quantitative estimate of drug-likeness (QED) is 0.511. The van der Waals surface area contributed by atoms with Crippen molar-refractivity contribution in [1.29, 1.82) is 0 Å². The number of pyridine rings is 1. The third-order valence-electron chi connectivity index (χ3n) is 3.37. The molecule has 0 radical (unpaired) electrons. The summed E-state index contributed by atoms with van der Waals surface area (Å²) in [5.41, 5.74) is 12.6. The van der Waals surface area contributed by atoms with Crippen molar-refractivity contribution in [1.82, 2.24) is 4.98 Å². The molecule has 0 saturated heterocycles. The van der Waals surface area contributed by atoms with Crippen LogP contribution >= 0.6 is 0 Å². The Kier molecular flexibility index (Phi) is 4.98. The van der Waals surface area contributed by atoms with Crippen molar-refractivity contribution in [3.8, 4) is 11.5 Å². The molecule has 0 spiro atoms. The summed E-state index contributed by atoms with van der Waals surface area (Å²) in [5, 5.41) is 1.93. The molecule has 0 amide bonds. The molecule has 0 aliphatic heterocycles. The second-order valence-corrected chi connectivity index (χ2v) is 5.55. The number of nitrogens with zero attached hydrogens (tertiary/aromatic N) is 1. The minimum absolute atomic E-state index is 0.447. The molecule has 0 atom stereocenters. The molecule has 0 bridgehead atoms. The van der Waals surface area contributed by atoms with E-state index in [9.17, 15) is 0 Å². The first-order valence-corrected chi connectivity index (χ1v) is 7.84. The van der Waals surface area contributed by atoms with Crippen LogP contribution in [0.4, 0.5) is 0 Å². The number of hydrogen-bond donors (Lipinski definition) is 2. The van der Waals surface area contributed by atoms with E-state index in [-0.39, 0.29) is 0 Å². The molecular formula is C17H18CuN3O2. The van der Waals surface area contributed by atoms with Gasteiger partial charge in [-0.1, -0.05) is 0 Å². The predicted octanol–water partition coefficient (Wildman–Crippen LogP) is 1.24. The zero-order valence-corrected chi connectivity index (χ0v) is 13.5. The van der Waals surface area contributed by atoms with Crippen molar-refractivity contribution < 1.29 is 25.5 Å². The number of ether oxygens (including phenoxy) is 2. The molecule has 0 saturated carbocycles. The van der Waals surface area contributed by atoms with Crippen LogP contribution in [0.15, 0.2) is 36.4 Å². The Morgan fingerprint density at radius 1 is 0.870 bits per heavy atom. The molecule has 5 nitrogen and oxygen atoms in total. The van der Waals surface area contributed by atoms with Gasteiger partial charge in [-0.2, -0.15) is 0 Å². The molecule has 4 N–H and O–H groups in total. The van der Waals surface area contributed by atoms with E-state index < -0.39 is 0 Å². The van der Waals surface area contributed by atoms with Gasteiger partial charge in [0.1, 0.15) is 0 Å². The van der Waals surface area contributed by atoms with Gasteiger partial charge in [-0.05, 0) is 0 Å². The van der Waals surface area contributed by atoms with Crippen LogP contribution in [-0.2, 0) is 16.0 Å². The van der Waals surface area contributed by atoms with Crippen LogP contribution < -0.4 is 25.4 Å². The first-order chi connectivity index (χ1) is 11.2. The van der Waals surface area contributed by atoms with Crippen LogP contribution in [0.3, 0.4) is 0 Å². The van der Waals surface area contributed by atoms with Crippen LogP contribution in [0.2, 0.25) is 0 Å². The van der Waals surface area contributed by atoms with E-state index in [0.29, 0.717) is 36.5 Å². The molecule has 3 rings (SSSR count). The van der Waals surface area contributed by atoms with Crippen LogP contribution in [0.5, 0.6) is 11.5 Å². The van der Waals surface area contributed by atoms with Gasteiger partial charge in [0.2, 0.25) is 0 Å². The molecule has 23 heavy (non-hydrogen) atoms. The van der Waals surface area contributed by atoms with Gasteiger partial charge >= 0.3 is 142 Å². The minimum atomic E-state index is 0.447. The standard InChI is InChI=1S/C17H18N3O2.Cu/c18-5-7-21-14-3-1-12-9-13-2-4-15(22-8-6-19)11-17(13)20-16(12)10-14;/h1,3-4,9-11H,5-8,18-19H2;. The Bertz CT molecular complexity index is 839. The predicted molar refractivity (Wildman–Crippen MR) is 88.0 cm³/mol. The Hall–Kier alpha value is -1.85. The molecule has 3 aromatic rings. The van der Waals surface area contributed by atoms with Crippen LogP contribution in [0.25, 0.3) is 21.8 Å². The zero-order valence-electron chi connectivity index (χ0n) is 12.5. The SMILES string of the molecule is NCCOc1ccc2cc3[c]([Cu])cc(OCCN)cc3nc2c1. The molecule has 2 aromatic carbocycles. The fourth-order valence-electron chi connectivity index (χ4n) is 2.34. The van der Waals surface area contributed by atoms with E-state index in [2.05, 4.69) is 4.98 Å². The van der Waals surface area contributed by atoms with Gasteiger partial charge in [0.05, 0.1) is 0 Å². The van der Waals surface area contributed by atoms with Crippen LogP contribution in [0.1, 0.15) is 0 Å². The topological polar surface area (TPSA) is 83.4 Å². The summed E-state index contributed by atoms with van der Waals surface area (Å²) in [4.78, 5) is 4.68. The molecule has 0 aliphatic carbocycles. The first kappa shape index (κ1) is 16.0. The third kappa shape index (κ3) is 3.56. The van der Waals surface area contributed by atoms with Crippen molar-refractivity contribution in [2.24, 2.45) is 11.5 Å². The number of rotatable bonds is 6. The van der Waals surface area contributed by atoms with Gasteiger partial charge in [0.25, 0.3) is 0 Å². The molecule has 124 valence electrons. The second-order valence-electron chi connectivity index (χ2n) is 5.05. The van der Waals surface area contributed by atoms with Gasteiger partial charge in [0, 0.05) is 0 Å². The zero-order chi connectivity index (χ0) is 16.2. The second kappa shape index (κ2) is 7.15.